The Hall–Kier alpha value is -0.530. The molecule has 0 saturated carbocycles. The summed E-state index contributed by atoms with van der Waals surface area (Å²) in [4.78, 5) is 0. The molecule has 0 heterocycles. The normalized spacial score (nSPS) is 9.80. The Morgan fingerprint density at radius 1 is 2.00 bits per heavy atom. The van der Waals surface area contributed by atoms with Gasteiger partial charge in [0.05, 0.1) is 0 Å². The van der Waals surface area contributed by atoms with Crippen LogP contribution in [0.4, 0.5) is 0 Å². The van der Waals surface area contributed by atoms with Gasteiger partial charge in [-0.1, -0.05) is 6.92 Å². The molecule has 0 aliphatic rings. The maximum Gasteiger partial charge on any atom is 0.0286 e. The van der Waals surface area contributed by atoms with Gasteiger partial charge in [-0.3, -0.25) is 0 Å². The third-order valence-corrected chi connectivity index (χ3v) is 0.264. The molecule has 0 aromatic carbocycles. The van der Waals surface area contributed by atoms with Crippen LogP contribution in [-0.4, -0.2) is 6.21 Å². The van der Waals surface area contributed by atoms with Crippen molar-refractivity contribution in [2.24, 2.45) is 5.10 Å². The van der Waals surface area contributed by atoms with Crippen LogP contribution in [0.3, 0.4) is 0 Å². The van der Waals surface area contributed by atoms with Gasteiger partial charge in [-0.2, -0.15) is 0 Å². The Labute approximate surface area is 31.7 Å². The van der Waals surface area contributed by atoms with Gasteiger partial charge in [-0.15, -0.1) is 5.10 Å². The Kier molecular flexibility index (Phi) is 3.10. The minimum atomic E-state index is 0.802. The molecule has 0 spiro atoms. The summed E-state index contributed by atoms with van der Waals surface area (Å²) in [6.45, 7) is 1.90. The predicted octanol–water partition coefficient (Wildman–Crippen LogP) is 0.451. The number of hydrogen-bond donors (Lipinski definition) is 0. The summed E-state index contributed by atoms with van der Waals surface area (Å²) in [5, 5.41) is 2.73. The van der Waals surface area contributed by atoms with Crippen molar-refractivity contribution in [1.29, 1.82) is 0 Å². The van der Waals surface area contributed by atoms with Crippen molar-refractivity contribution in [3.05, 3.63) is 0 Å². The molecule has 0 aliphatic heterocycles. The number of nitrogens with zero attached hydrogens (tertiary/aromatic N) is 2. The maximum absolute atomic E-state index is 7.64. The van der Waals surface area contributed by atoms with Gasteiger partial charge in [-0.25, -0.2) is 0 Å². The van der Waals surface area contributed by atoms with E-state index < -0.39 is 0 Å². The second-order valence-electron chi connectivity index (χ2n) is 0.706. The average molecular weight is 70.1 g/mol. The highest BCUT2D eigenvalue weighted by atomic mass is 15.1. The first-order chi connectivity index (χ1) is 2.41. The lowest BCUT2D eigenvalue weighted by molar-refractivity contribution is 1.16. The second-order valence-corrected chi connectivity index (χ2v) is 0.706. The van der Waals surface area contributed by atoms with Crippen molar-refractivity contribution >= 4 is 6.21 Å². The highest BCUT2D eigenvalue weighted by Gasteiger charge is 1.55. The van der Waals surface area contributed by atoms with Crippen molar-refractivity contribution in [3.63, 3.8) is 0 Å². The number of rotatable bonds is 1. The lowest BCUT2D eigenvalue weighted by Gasteiger charge is -1.61. The molecular weight excluding hydrogens is 64.0 g/mol. The fraction of sp³-hybridized carbons (Fsp3) is 0.667. The molecule has 0 aromatic rings. The topological polar surface area (TPSA) is 34.7 Å². The quantitative estimate of drug-likeness (QED) is 0.317. The zero-order chi connectivity index (χ0) is 4.12. The van der Waals surface area contributed by atoms with Crippen LogP contribution in [-0.2, 0) is 0 Å². The molecule has 2 radical (unpaired) electrons. The SMILES string of the molecule is CC/C=N/[N]. The molecule has 5 heavy (non-hydrogen) atoms. The van der Waals surface area contributed by atoms with E-state index in [1.165, 1.54) is 6.21 Å². The summed E-state index contributed by atoms with van der Waals surface area (Å²) in [5.41, 5.74) is 0. The second kappa shape index (κ2) is 3.47. The Balaban J connectivity index is 2.62. The molecule has 0 fully saturated rings. The highest BCUT2D eigenvalue weighted by Crippen LogP contribution is 1.59. The summed E-state index contributed by atoms with van der Waals surface area (Å²) in [5.74, 6) is 7.64. The lowest BCUT2D eigenvalue weighted by Crippen LogP contribution is -1.63. The maximum atomic E-state index is 7.64. The third-order valence-electron chi connectivity index (χ3n) is 0.264. The van der Waals surface area contributed by atoms with Crippen LogP contribution in [0.1, 0.15) is 13.3 Å². The van der Waals surface area contributed by atoms with Crippen LogP contribution < -0.4 is 5.84 Å². The van der Waals surface area contributed by atoms with Gasteiger partial charge in [0, 0.05) is 6.21 Å². The van der Waals surface area contributed by atoms with Crippen LogP contribution in [0.15, 0.2) is 5.10 Å². The van der Waals surface area contributed by atoms with Gasteiger partial charge in [0.2, 0.25) is 0 Å². The minimum Gasteiger partial charge on any atom is -0.142 e. The third kappa shape index (κ3) is 3.47. The average Bonchev–Trinajstić information content (AvgIpc) is 1.41. The molecule has 2 nitrogen and oxygen atoms in total. The highest BCUT2D eigenvalue weighted by molar-refractivity contribution is 5.55. The van der Waals surface area contributed by atoms with Crippen LogP contribution in [0, 0.1) is 0 Å². The summed E-state index contributed by atoms with van der Waals surface area (Å²) < 4.78 is 0. The van der Waals surface area contributed by atoms with Crippen LogP contribution in [0.2, 0.25) is 0 Å². The Bertz CT molecular complexity index is 31.9. The van der Waals surface area contributed by atoms with E-state index >= 15 is 0 Å². The van der Waals surface area contributed by atoms with Gasteiger partial charge in [-0.05, 0) is 12.3 Å². The van der Waals surface area contributed by atoms with Crippen molar-refractivity contribution in [1.82, 2.24) is 5.84 Å². The van der Waals surface area contributed by atoms with E-state index in [4.69, 9.17) is 5.84 Å². The summed E-state index contributed by atoms with van der Waals surface area (Å²) >= 11 is 0. The van der Waals surface area contributed by atoms with Crippen molar-refractivity contribution in [2.45, 2.75) is 13.3 Å². The predicted molar refractivity (Wildman–Crippen MR) is 20.9 cm³/mol. The summed E-state index contributed by atoms with van der Waals surface area (Å²) in [6, 6.07) is 0. The molecule has 0 aliphatic carbocycles. The van der Waals surface area contributed by atoms with E-state index in [0.717, 1.165) is 6.42 Å². The van der Waals surface area contributed by atoms with E-state index in [-0.39, 0.29) is 0 Å². The summed E-state index contributed by atoms with van der Waals surface area (Å²) in [6.07, 6.45) is 2.23. The van der Waals surface area contributed by atoms with Crippen LogP contribution in [0.5, 0.6) is 0 Å². The van der Waals surface area contributed by atoms with Crippen molar-refractivity contribution in [3.8, 4) is 0 Å². The molecule has 28 valence electrons. The van der Waals surface area contributed by atoms with E-state index in [1.54, 1.807) is 0 Å². The first-order valence-electron chi connectivity index (χ1n) is 1.57. The molecule has 0 N–H and O–H groups in total. The largest absolute Gasteiger partial charge is 0.142 e. The molecule has 0 bridgehead atoms. The van der Waals surface area contributed by atoms with Gasteiger partial charge in [0.1, 0.15) is 0 Å². The standard InChI is InChI=1S/C3H6N2/c1-2-3-5-4/h3H,2H2,1H3/b5-3+. The first-order valence-corrected chi connectivity index (χ1v) is 1.57. The molecule has 0 saturated heterocycles. The molecule has 0 amide bonds. The van der Waals surface area contributed by atoms with Crippen molar-refractivity contribution in [2.75, 3.05) is 0 Å². The molecule has 2 heteroatoms. The molecule has 0 atom stereocenters. The van der Waals surface area contributed by atoms with E-state index in [2.05, 4.69) is 5.10 Å². The van der Waals surface area contributed by atoms with E-state index in [9.17, 15) is 0 Å². The summed E-state index contributed by atoms with van der Waals surface area (Å²) in [7, 11) is 0. The monoisotopic (exact) mass is 70.1 g/mol. The van der Waals surface area contributed by atoms with E-state index in [1.807, 2.05) is 6.92 Å². The van der Waals surface area contributed by atoms with Crippen molar-refractivity contribution < 1.29 is 0 Å². The smallest absolute Gasteiger partial charge is 0.0286 e. The zero-order valence-electron chi connectivity index (χ0n) is 3.18. The zero-order valence-corrected chi connectivity index (χ0v) is 3.18. The van der Waals surface area contributed by atoms with Crippen LogP contribution in [0.25, 0.3) is 0 Å². The molecule has 0 rings (SSSR count). The number of hydrogen-bond acceptors (Lipinski definition) is 1. The Morgan fingerprint density at radius 2 is 2.60 bits per heavy atom. The van der Waals surface area contributed by atoms with Gasteiger partial charge in [0.15, 0.2) is 0 Å². The molecule has 0 aromatic heterocycles. The fourth-order valence-corrected chi connectivity index (χ4v) is 0.0816. The fourth-order valence-electron chi connectivity index (χ4n) is 0.0816. The van der Waals surface area contributed by atoms with Crippen LogP contribution >= 0.6 is 0 Å². The van der Waals surface area contributed by atoms with Gasteiger partial charge < -0.3 is 0 Å². The Morgan fingerprint density at radius 3 is 2.60 bits per heavy atom. The van der Waals surface area contributed by atoms with Gasteiger partial charge in [0.25, 0.3) is 0 Å². The van der Waals surface area contributed by atoms with E-state index in [0.29, 0.717) is 0 Å². The lowest BCUT2D eigenvalue weighted by atomic mass is 10.6. The minimum absolute atomic E-state index is 0.802. The van der Waals surface area contributed by atoms with Gasteiger partial charge >= 0.3 is 0 Å². The first kappa shape index (κ1) is 4.47. The molecule has 0 unspecified atom stereocenters. The molecular formula is C3H6N2.